The van der Waals surface area contributed by atoms with Crippen molar-refractivity contribution < 1.29 is 38.2 Å². The standard InChI is InChI=1S/C35H50N4O8/c1-45-33(42)29(19-11-13-23-38-32(41)30(37)20-10-12-22-36)31(40)21-9-4-14-24-39(34(43)46-25-27-15-5-2-6-16-27)35(44)47-26-28-17-7-3-8-18-28/h2-3,5-8,15-18,29-30H,4,9-14,19-26,36-37H2,1H3,(H,38,41)/t29?,30-/m0/s1. The van der Waals surface area contributed by atoms with Gasteiger partial charge in [0.05, 0.1) is 13.2 Å². The molecule has 5 N–H and O–H groups in total. The van der Waals surface area contributed by atoms with Crippen molar-refractivity contribution in [3.05, 3.63) is 71.8 Å². The highest BCUT2D eigenvalue weighted by atomic mass is 16.6. The molecular formula is C35H50N4O8. The fourth-order valence-corrected chi connectivity index (χ4v) is 4.78. The number of methoxy groups -OCH3 is 1. The Morgan fingerprint density at radius 3 is 1.87 bits per heavy atom. The molecule has 0 heterocycles. The molecule has 0 aliphatic rings. The minimum absolute atomic E-state index is 0.000696. The molecule has 0 saturated heterocycles. The van der Waals surface area contributed by atoms with E-state index in [-0.39, 0.29) is 37.9 Å². The monoisotopic (exact) mass is 654 g/mol. The summed E-state index contributed by atoms with van der Waals surface area (Å²) < 4.78 is 15.6. The van der Waals surface area contributed by atoms with Crippen LogP contribution < -0.4 is 16.8 Å². The zero-order valence-electron chi connectivity index (χ0n) is 27.4. The van der Waals surface area contributed by atoms with Crippen LogP contribution in [0.4, 0.5) is 9.59 Å². The summed E-state index contributed by atoms with van der Waals surface area (Å²) in [6.07, 6.45) is 3.48. The molecule has 0 bridgehead atoms. The number of ether oxygens (including phenoxy) is 3. The molecule has 2 aromatic carbocycles. The van der Waals surface area contributed by atoms with E-state index in [0.29, 0.717) is 58.0 Å². The number of hydrogen-bond acceptors (Lipinski definition) is 10. The van der Waals surface area contributed by atoms with E-state index in [1.807, 2.05) is 60.7 Å². The normalized spacial score (nSPS) is 12.0. The number of carbonyl (C=O) groups is 5. The molecule has 2 atom stereocenters. The first-order chi connectivity index (χ1) is 22.8. The molecule has 0 aromatic heterocycles. The molecule has 0 aliphatic carbocycles. The highest BCUT2D eigenvalue weighted by Crippen LogP contribution is 2.17. The number of nitrogens with one attached hydrogen (secondary N) is 1. The van der Waals surface area contributed by atoms with Crippen LogP contribution in [-0.4, -0.2) is 67.5 Å². The van der Waals surface area contributed by atoms with Crippen molar-refractivity contribution in [1.29, 1.82) is 0 Å². The number of ketones is 1. The van der Waals surface area contributed by atoms with Crippen molar-refractivity contribution in [2.75, 3.05) is 26.7 Å². The minimum Gasteiger partial charge on any atom is -0.468 e. The Morgan fingerprint density at radius 1 is 0.745 bits per heavy atom. The van der Waals surface area contributed by atoms with Gasteiger partial charge < -0.3 is 31.0 Å². The largest absolute Gasteiger partial charge is 0.468 e. The average molecular weight is 655 g/mol. The third kappa shape index (κ3) is 15.7. The van der Waals surface area contributed by atoms with Gasteiger partial charge in [-0.15, -0.1) is 0 Å². The molecule has 1 unspecified atom stereocenters. The maximum Gasteiger partial charge on any atom is 0.419 e. The van der Waals surface area contributed by atoms with E-state index in [0.717, 1.165) is 28.9 Å². The predicted octanol–water partition coefficient (Wildman–Crippen LogP) is 4.62. The van der Waals surface area contributed by atoms with E-state index in [1.54, 1.807) is 0 Å². The van der Waals surface area contributed by atoms with E-state index in [9.17, 15) is 24.0 Å². The first-order valence-corrected chi connectivity index (χ1v) is 16.3. The van der Waals surface area contributed by atoms with Crippen LogP contribution in [0, 0.1) is 5.92 Å². The number of imide groups is 1. The number of nitrogens with zero attached hydrogens (tertiary/aromatic N) is 1. The molecule has 2 rings (SSSR count). The van der Waals surface area contributed by atoms with Gasteiger partial charge in [0.25, 0.3) is 0 Å². The van der Waals surface area contributed by atoms with Crippen molar-refractivity contribution in [3.8, 4) is 0 Å². The van der Waals surface area contributed by atoms with Gasteiger partial charge in [-0.1, -0.05) is 79.9 Å². The number of rotatable bonds is 22. The summed E-state index contributed by atoms with van der Waals surface area (Å²) in [4.78, 5) is 64.1. The lowest BCUT2D eigenvalue weighted by Gasteiger charge is -2.20. The Labute approximate surface area is 277 Å². The van der Waals surface area contributed by atoms with Crippen LogP contribution in [-0.2, 0) is 41.8 Å². The van der Waals surface area contributed by atoms with Gasteiger partial charge in [0.1, 0.15) is 24.9 Å². The maximum atomic E-state index is 12.9. The van der Waals surface area contributed by atoms with Crippen LogP contribution in [0.5, 0.6) is 0 Å². The van der Waals surface area contributed by atoms with Crippen LogP contribution in [0.15, 0.2) is 60.7 Å². The molecule has 12 heteroatoms. The summed E-state index contributed by atoms with van der Waals surface area (Å²) in [6.45, 7) is 0.994. The van der Waals surface area contributed by atoms with Crippen molar-refractivity contribution >= 4 is 29.8 Å². The third-order valence-corrected chi connectivity index (χ3v) is 7.56. The quantitative estimate of drug-likeness (QED) is 0.0701. The lowest BCUT2D eigenvalue weighted by atomic mass is 9.93. The van der Waals surface area contributed by atoms with Gasteiger partial charge in [-0.3, -0.25) is 14.4 Å². The first kappa shape index (κ1) is 38.9. The van der Waals surface area contributed by atoms with Crippen LogP contribution in [0.1, 0.15) is 75.3 Å². The average Bonchev–Trinajstić information content (AvgIpc) is 3.09. The minimum atomic E-state index is -0.897. The van der Waals surface area contributed by atoms with Crippen LogP contribution in [0.25, 0.3) is 0 Å². The SMILES string of the molecule is COC(=O)C(CCCCNC(=O)[C@@H](N)CCCCN)C(=O)CCCCCN(C(=O)OCc1ccccc1)C(=O)OCc1ccccc1. The number of benzene rings is 2. The highest BCUT2D eigenvalue weighted by Gasteiger charge is 2.27. The number of unbranched alkanes of at least 4 members (excludes halogenated alkanes) is 4. The van der Waals surface area contributed by atoms with Crippen molar-refractivity contribution in [2.45, 2.75) is 83.5 Å². The zero-order chi connectivity index (χ0) is 34.3. The first-order valence-electron chi connectivity index (χ1n) is 16.3. The maximum absolute atomic E-state index is 12.9. The Balaban J connectivity index is 1.80. The fraction of sp³-hybridized carbons (Fsp3) is 0.514. The molecular weight excluding hydrogens is 604 g/mol. The molecule has 2 aromatic rings. The number of amides is 3. The van der Waals surface area contributed by atoms with Crippen LogP contribution in [0.3, 0.4) is 0 Å². The Hall–Kier alpha value is -4.29. The van der Waals surface area contributed by atoms with Gasteiger partial charge in [-0.05, 0) is 56.2 Å². The lowest BCUT2D eigenvalue weighted by molar-refractivity contribution is -0.149. The van der Waals surface area contributed by atoms with Gasteiger partial charge in [-0.25, -0.2) is 14.5 Å². The summed E-state index contributed by atoms with van der Waals surface area (Å²) in [7, 11) is 1.25. The molecule has 0 aliphatic heterocycles. The third-order valence-electron chi connectivity index (χ3n) is 7.56. The summed E-state index contributed by atoms with van der Waals surface area (Å²) in [5.41, 5.74) is 12.9. The second kappa shape index (κ2) is 23.1. The molecule has 0 spiro atoms. The number of Topliss-reactive ketones (excluding diaryl/α,β-unsaturated/α-hetero) is 1. The Kier molecular flexibility index (Phi) is 19.1. The Bertz CT molecular complexity index is 1170. The summed E-state index contributed by atoms with van der Waals surface area (Å²) >= 11 is 0. The molecule has 47 heavy (non-hydrogen) atoms. The predicted molar refractivity (Wildman–Crippen MR) is 177 cm³/mol. The smallest absolute Gasteiger partial charge is 0.419 e. The van der Waals surface area contributed by atoms with Gasteiger partial charge in [0, 0.05) is 19.5 Å². The van der Waals surface area contributed by atoms with Gasteiger partial charge >= 0.3 is 18.2 Å². The van der Waals surface area contributed by atoms with Crippen molar-refractivity contribution in [3.63, 3.8) is 0 Å². The van der Waals surface area contributed by atoms with Crippen LogP contribution in [0.2, 0.25) is 0 Å². The van der Waals surface area contributed by atoms with E-state index >= 15 is 0 Å². The van der Waals surface area contributed by atoms with Gasteiger partial charge in [0.15, 0.2) is 0 Å². The van der Waals surface area contributed by atoms with E-state index in [1.165, 1.54) is 7.11 Å². The number of nitrogens with two attached hydrogens (primary N) is 2. The van der Waals surface area contributed by atoms with Crippen LogP contribution >= 0.6 is 0 Å². The summed E-state index contributed by atoms with van der Waals surface area (Å²) in [5, 5.41) is 2.79. The molecule has 3 amide bonds. The van der Waals surface area contributed by atoms with E-state index < -0.39 is 30.1 Å². The number of carbonyl (C=O) groups excluding carboxylic acids is 5. The summed E-state index contributed by atoms with van der Waals surface area (Å²) in [6, 6.07) is 17.7. The van der Waals surface area contributed by atoms with Gasteiger partial charge in [0.2, 0.25) is 5.91 Å². The molecule has 12 nitrogen and oxygen atoms in total. The topological polar surface area (TPSA) is 180 Å². The molecule has 258 valence electrons. The second-order valence-corrected chi connectivity index (χ2v) is 11.3. The fourth-order valence-electron chi connectivity index (χ4n) is 4.78. The highest BCUT2D eigenvalue weighted by molar-refractivity contribution is 5.98. The van der Waals surface area contributed by atoms with Crippen molar-refractivity contribution in [2.24, 2.45) is 17.4 Å². The second-order valence-electron chi connectivity index (χ2n) is 11.3. The lowest BCUT2D eigenvalue weighted by Crippen LogP contribution is -2.41. The van der Waals surface area contributed by atoms with E-state index in [2.05, 4.69) is 5.32 Å². The molecule has 0 saturated carbocycles. The zero-order valence-corrected chi connectivity index (χ0v) is 27.4. The summed E-state index contributed by atoms with van der Waals surface area (Å²) in [5.74, 6) is -1.94. The van der Waals surface area contributed by atoms with Gasteiger partial charge in [-0.2, -0.15) is 0 Å². The number of esters is 1. The molecule has 0 fully saturated rings. The van der Waals surface area contributed by atoms with E-state index in [4.69, 9.17) is 25.7 Å². The Morgan fingerprint density at radius 2 is 1.32 bits per heavy atom. The van der Waals surface area contributed by atoms with Crippen molar-refractivity contribution in [1.82, 2.24) is 10.2 Å². The number of hydrogen-bond donors (Lipinski definition) is 3. The molecule has 0 radical (unpaired) electrons.